The summed E-state index contributed by atoms with van der Waals surface area (Å²) in [5.74, 6) is -0.506. The molecule has 6 nitrogen and oxygen atoms in total. The fourth-order valence-electron chi connectivity index (χ4n) is 3.76. The monoisotopic (exact) mass is 474 g/mol. The summed E-state index contributed by atoms with van der Waals surface area (Å²) in [7, 11) is -7.59. The molecule has 0 bridgehead atoms. The number of hydrogen-bond acceptors (Lipinski definition) is 4. The van der Waals surface area contributed by atoms with E-state index in [1.807, 2.05) is 19.1 Å². The number of anilines is 1. The van der Waals surface area contributed by atoms with Gasteiger partial charge in [-0.15, -0.1) is 0 Å². The highest BCUT2D eigenvalue weighted by Crippen LogP contribution is 2.28. The molecule has 0 aliphatic carbocycles. The van der Waals surface area contributed by atoms with Crippen LogP contribution in [0.3, 0.4) is 0 Å². The van der Waals surface area contributed by atoms with Crippen molar-refractivity contribution in [2.24, 2.45) is 0 Å². The second-order valence-corrected chi connectivity index (χ2v) is 11.5. The third-order valence-corrected chi connectivity index (χ3v) is 8.90. The van der Waals surface area contributed by atoms with Crippen LogP contribution >= 0.6 is 0 Å². The van der Waals surface area contributed by atoms with Crippen LogP contribution in [0.4, 0.5) is 10.1 Å². The van der Waals surface area contributed by atoms with E-state index in [0.29, 0.717) is 24.2 Å². The first kappa shape index (κ1) is 22.4. The number of benzene rings is 3. The van der Waals surface area contributed by atoms with Crippen LogP contribution in [0.1, 0.15) is 22.3 Å². The molecule has 0 saturated heterocycles. The van der Waals surface area contributed by atoms with Gasteiger partial charge in [0.1, 0.15) is 5.82 Å². The van der Waals surface area contributed by atoms with E-state index in [2.05, 4.69) is 4.72 Å². The Morgan fingerprint density at radius 1 is 0.875 bits per heavy atom. The van der Waals surface area contributed by atoms with Gasteiger partial charge in [0.2, 0.25) is 10.0 Å². The van der Waals surface area contributed by atoms with Crippen LogP contribution in [0.5, 0.6) is 0 Å². The topological polar surface area (TPSA) is 83.6 Å². The van der Waals surface area contributed by atoms with Crippen molar-refractivity contribution in [2.45, 2.75) is 36.6 Å². The van der Waals surface area contributed by atoms with Gasteiger partial charge in [-0.25, -0.2) is 21.2 Å². The Morgan fingerprint density at radius 3 is 2.31 bits per heavy atom. The van der Waals surface area contributed by atoms with Crippen molar-refractivity contribution in [1.82, 2.24) is 4.31 Å². The molecule has 0 atom stereocenters. The lowest BCUT2D eigenvalue weighted by molar-refractivity contribution is 0.391. The molecule has 1 aliphatic heterocycles. The van der Waals surface area contributed by atoms with Crippen LogP contribution in [0.25, 0.3) is 0 Å². The molecule has 3 aromatic carbocycles. The molecule has 32 heavy (non-hydrogen) atoms. The van der Waals surface area contributed by atoms with Gasteiger partial charge in [0.15, 0.2) is 0 Å². The highest BCUT2D eigenvalue weighted by atomic mass is 32.2. The molecule has 1 aliphatic rings. The van der Waals surface area contributed by atoms with Gasteiger partial charge in [-0.1, -0.05) is 18.2 Å². The third-order valence-electron chi connectivity index (χ3n) is 5.52. The van der Waals surface area contributed by atoms with Gasteiger partial charge in [-0.05, 0) is 85.0 Å². The van der Waals surface area contributed by atoms with Crippen molar-refractivity contribution >= 4 is 25.7 Å². The highest BCUT2D eigenvalue weighted by molar-refractivity contribution is 7.92. The summed E-state index contributed by atoms with van der Waals surface area (Å²) in [4.78, 5) is 0.227. The summed E-state index contributed by atoms with van der Waals surface area (Å²) >= 11 is 0. The molecule has 0 radical (unpaired) electrons. The molecule has 1 N–H and O–H groups in total. The van der Waals surface area contributed by atoms with E-state index in [9.17, 15) is 21.2 Å². The van der Waals surface area contributed by atoms with E-state index in [1.165, 1.54) is 16.4 Å². The number of halogens is 1. The molecule has 168 valence electrons. The summed E-state index contributed by atoms with van der Waals surface area (Å²) < 4.78 is 68.9. The van der Waals surface area contributed by atoms with Crippen LogP contribution in [0.2, 0.25) is 0 Å². The quantitative estimate of drug-likeness (QED) is 0.606. The first-order valence-electron chi connectivity index (χ1n) is 10.0. The Labute approximate surface area is 187 Å². The minimum Gasteiger partial charge on any atom is -0.280 e. The van der Waals surface area contributed by atoms with E-state index in [0.717, 1.165) is 28.8 Å². The van der Waals surface area contributed by atoms with Gasteiger partial charge in [-0.2, -0.15) is 4.31 Å². The molecule has 9 heteroatoms. The Hall–Kier alpha value is -2.75. The Bertz CT molecular complexity index is 1390. The Morgan fingerprint density at radius 2 is 1.59 bits per heavy atom. The molecule has 0 spiro atoms. The number of fused-ring (bicyclic) bond motifs is 1. The van der Waals surface area contributed by atoms with E-state index >= 15 is 0 Å². The maximum absolute atomic E-state index is 13.2. The smallest absolute Gasteiger partial charge is 0.262 e. The minimum atomic E-state index is -3.80. The van der Waals surface area contributed by atoms with Crippen LogP contribution in [-0.2, 0) is 33.0 Å². The molecule has 3 aromatic rings. The largest absolute Gasteiger partial charge is 0.280 e. The molecule has 0 aromatic heterocycles. The fourth-order valence-corrected chi connectivity index (χ4v) is 6.56. The van der Waals surface area contributed by atoms with Crippen LogP contribution < -0.4 is 4.72 Å². The van der Waals surface area contributed by atoms with Crippen molar-refractivity contribution < 1.29 is 21.2 Å². The summed E-state index contributed by atoms with van der Waals surface area (Å²) in [5.41, 5.74) is 3.53. The first-order chi connectivity index (χ1) is 15.1. The average Bonchev–Trinajstić information content (AvgIpc) is 2.75. The molecule has 0 saturated carbocycles. The number of nitrogens with one attached hydrogen (secondary N) is 1. The van der Waals surface area contributed by atoms with E-state index in [1.54, 1.807) is 31.2 Å². The van der Waals surface area contributed by atoms with Gasteiger partial charge in [-0.3, -0.25) is 4.72 Å². The lowest BCUT2D eigenvalue weighted by atomic mass is 10.0. The zero-order chi connectivity index (χ0) is 23.1. The van der Waals surface area contributed by atoms with Crippen LogP contribution in [0.15, 0.2) is 70.5 Å². The number of rotatable bonds is 5. The van der Waals surface area contributed by atoms with Crippen molar-refractivity contribution in [1.29, 1.82) is 0 Å². The van der Waals surface area contributed by atoms with E-state index in [-0.39, 0.29) is 16.3 Å². The Balaban J connectivity index is 1.60. The van der Waals surface area contributed by atoms with E-state index in [4.69, 9.17) is 0 Å². The van der Waals surface area contributed by atoms with Crippen LogP contribution in [-0.4, -0.2) is 27.7 Å². The van der Waals surface area contributed by atoms with Gasteiger partial charge in [0.05, 0.1) is 9.79 Å². The summed E-state index contributed by atoms with van der Waals surface area (Å²) in [6.45, 7) is 3.96. The minimum absolute atomic E-state index is 0.0223. The highest BCUT2D eigenvalue weighted by Gasteiger charge is 2.29. The van der Waals surface area contributed by atoms with Gasteiger partial charge < -0.3 is 0 Å². The number of sulfonamides is 2. The second kappa shape index (κ2) is 8.31. The molecule has 0 amide bonds. The Kier molecular flexibility index (Phi) is 5.83. The maximum atomic E-state index is 13.2. The summed E-state index contributed by atoms with van der Waals surface area (Å²) in [6.07, 6.45) is 0.500. The summed E-state index contributed by atoms with van der Waals surface area (Å²) in [5, 5.41) is 0. The zero-order valence-electron chi connectivity index (χ0n) is 17.7. The van der Waals surface area contributed by atoms with Crippen LogP contribution in [0, 0.1) is 19.7 Å². The van der Waals surface area contributed by atoms with Crippen molar-refractivity contribution in [2.75, 3.05) is 11.3 Å². The zero-order valence-corrected chi connectivity index (χ0v) is 19.3. The SMILES string of the molecule is Cc1ccc(C)c(S(=O)(=O)Nc2ccc3c(c2)CN(S(=O)(=O)c2ccc(F)cc2)CC3)c1. The standard InChI is InChI=1S/C23H23FN2O4S2/c1-16-3-4-17(2)23(13-16)31(27,28)25-21-8-5-18-11-12-26(15-19(18)14-21)32(29,30)22-9-6-20(24)7-10-22/h3-10,13-14,25H,11-12,15H2,1-2H3. The predicted molar refractivity (Wildman–Crippen MR) is 121 cm³/mol. The van der Waals surface area contributed by atoms with Crippen molar-refractivity contribution in [3.05, 3.63) is 88.7 Å². The normalized spacial score (nSPS) is 14.7. The number of hydrogen-bond donors (Lipinski definition) is 1. The predicted octanol–water partition coefficient (Wildman–Crippen LogP) is 3.99. The van der Waals surface area contributed by atoms with Crippen molar-refractivity contribution in [3.63, 3.8) is 0 Å². The first-order valence-corrected chi connectivity index (χ1v) is 13.0. The molecular weight excluding hydrogens is 451 g/mol. The van der Waals surface area contributed by atoms with Gasteiger partial charge in [0, 0.05) is 18.8 Å². The summed E-state index contributed by atoms with van der Waals surface area (Å²) in [6, 6.07) is 15.1. The third kappa shape index (κ3) is 4.41. The molecule has 1 heterocycles. The molecule has 0 fully saturated rings. The lowest BCUT2D eigenvalue weighted by Gasteiger charge is -2.28. The van der Waals surface area contributed by atoms with Gasteiger partial charge >= 0.3 is 0 Å². The average molecular weight is 475 g/mol. The lowest BCUT2D eigenvalue weighted by Crippen LogP contribution is -2.36. The molecular formula is C23H23FN2O4S2. The van der Waals surface area contributed by atoms with Gasteiger partial charge in [0.25, 0.3) is 10.0 Å². The number of nitrogens with zero attached hydrogens (tertiary/aromatic N) is 1. The molecule has 0 unspecified atom stereocenters. The van der Waals surface area contributed by atoms with Crippen molar-refractivity contribution in [3.8, 4) is 0 Å². The van der Waals surface area contributed by atoms with E-state index < -0.39 is 25.9 Å². The molecule has 4 rings (SSSR count). The maximum Gasteiger partial charge on any atom is 0.262 e. The number of aryl methyl sites for hydroxylation is 2. The second-order valence-electron chi connectivity index (χ2n) is 7.90. The fraction of sp³-hybridized carbons (Fsp3) is 0.217.